The summed E-state index contributed by atoms with van der Waals surface area (Å²) in [5, 5.41) is 14.4. The van der Waals surface area contributed by atoms with Gasteiger partial charge in [-0.15, -0.1) is 0 Å². The number of halogens is 1. The van der Waals surface area contributed by atoms with Crippen LogP contribution in [0.1, 0.15) is 26.5 Å². The van der Waals surface area contributed by atoms with Gasteiger partial charge in [-0.05, 0) is 65.9 Å². The second kappa shape index (κ2) is 10.3. The summed E-state index contributed by atoms with van der Waals surface area (Å²) in [4.78, 5) is 17.2. The van der Waals surface area contributed by atoms with Crippen LogP contribution >= 0.6 is 0 Å². The van der Waals surface area contributed by atoms with E-state index in [1.54, 1.807) is 24.4 Å². The molecule has 4 aromatic rings. The Labute approximate surface area is 216 Å². The van der Waals surface area contributed by atoms with Crippen LogP contribution in [0.15, 0.2) is 85.0 Å². The lowest BCUT2D eigenvalue weighted by molar-refractivity contribution is 0.254. The smallest absolute Gasteiger partial charge is 0.324 e. The van der Waals surface area contributed by atoms with Crippen molar-refractivity contribution in [1.82, 2.24) is 20.1 Å². The first-order valence-electron chi connectivity index (χ1n) is 11.9. The first-order chi connectivity index (χ1) is 17.5. The van der Waals surface area contributed by atoms with Crippen molar-refractivity contribution in [1.29, 1.82) is 0 Å². The standard InChI is InChI=1S/C29H31FN6O/c1-18(29(3,4)5)15-26(32-22-13-9-21(30)10-14-22)34-28(37)33-23-11-7-20(8-12-23)24-16-31-17-25-27(24)19(2)35-36(25)6/h7-17,32H,1H2,2-6H3,(H2,33,34,37)/b26-15+. The summed E-state index contributed by atoms with van der Waals surface area (Å²) in [5.41, 5.74) is 5.72. The summed E-state index contributed by atoms with van der Waals surface area (Å²) in [6.45, 7) is 12.2. The van der Waals surface area contributed by atoms with Crippen molar-refractivity contribution >= 4 is 28.3 Å². The number of benzene rings is 2. The zero-order chi connectivity index (χ0) is 26.7. The van der Waals surface area contributed by atoms with Gasteiger partial charge in [0.15, 0.2) is 0 Å². The van der Waals surface area contributed by atoms with Gasteiger partial charge in [0.2, 0.25) is 0 Å². The van der Waals surface area contributed by atoms with Gasteiger partial charge in [0, 0.05) is 35.6 Å². The summed E-state index contributed by atoms with van der Waals surface area (Å²) < 4.78 is 15.2. The average Bonchev–Trinajstić information content (AvgIpc) is 3.14. The molecule has 0 atom stereocenters. The highest BCUT2D eigenvalue weighted by molar-refractivity contribution is 5.96. The van der Waals surface area contributed by atoms with Gasteiger partial charge in [-0.25, -0.2) is 9.18 Å². The molecule has 0 radical (unpaired) electrons. The minimum atomic E-state index is -0.429. The lowest BCUT2D eigenvalue weighted by Gasteiger charge is -2.21. The minimum Gasteiger partial charge on any atom is -0.342 e. The number of fused-ring (bicyclic) bond motifs is 1. The monoisotopic (exact) mass is 498 g/mol. The molecule has 2 amide bonds. The van der Waals surface area contributed by atoms with Crippen LogP contribution in [0.25, 0.3) is 22.0 Å². The van der Waals surface area contributed by atoms with Crippen molar-refractivity contribution in [2.45, 2.75) is 27.7 Å². The van der Waals surface area contributed by atoms with Crippen molar-refractivity contribution in [2.24, 2.45) is 12.5 Å². The molecule has 0 fully saturated rings. The average molecular weight is 499 g/mol. The summed E-state index contributed by atoms with van der Waals surface area (Å²) in [5.74, 6) is 0.0838. The molecule has 0 saturated carbocycles. The molecule has 4 rings (SSSR count). The second-order valence-electron chi connectivity index (χ2n) is 9.91. The summed E-state index contributed by atoms with van der Waals surface area (Å²) >= 11 is 0. The summed E-state index contributed by atoms with van der Waals surface area (Å²) in [6.07, 6.45) is 5.40. The topological polar surface area (TPSA) is 83.9 Å². The number of aryl methyl sites for hydroxylation is 2. The van der Waals surface area contributed by atoms with Gasteiger partial charge in [-0.2, -0.15) is 5.10 Å². The summed E-state index contributed by atoms with van der Waals surface area (Å²) in [6, 6.07) is 13.0. The molecule has 0 unspecified atom stereocenters. The third kappa shape index (κ3) is 6.03. The number of hydrogen-bond acceptors (Lipinski definition) is 4. The highest BCUT2D eigenvalue weighted by Gasteiger charge is 2.16. The van der Waals surface area contributed by atoms with Gasteiger partial charge in [0.25, 0.3) is 0 Å². The molecule has 0 bridgehead atoms. The normalized spacial score (nSPS) is 11.9. The maximum absolute atomic E-state index is 13.3. The Kier molecular flexibility index (Phi) is 7.11. The molecule has 2 heterocycles. The highest BCUT2D eigenvalue weighted by atomic mass is 19.1. The van der Waals surface area contributed by atoms with Gasteiger partial charge in [0.1, 0.15) is 11.6 Å². The molecule has 7 nitrogen and oxygen atoms in total. The largest absolute Gasteiger partial charge is 0.342 e. The fourth-order valence-corrected chi connectivity index (χ4v) is 3.82. The first kappa shape index (κ1) is 25.6. The van der Waals surface area contributed by atoms with Crippen LogP contribution in [0.4, 0.5) is 20.6 Å². The van der Waals surface area contributed by atoms with E-state index in [9.17, 15) is 9.18 Å². The Hall–Kier alpha value is -4.46. The van der Waals surface area contributed by atoms with E-state index in [0.29, 0.717) is 17.2 Å². The Morgan fingerprint density at radius 3 is 2.27 bits per heavy atom. The van der Waals surface area contributed by atoms with Crippen LogP contribution in [0.5, 0.6) is 0 Å². The second-order valence-corrected chi connectivity index (χ2v) is 9.91. The fourth-order valence-electron chi connectivity index (χ4n) is 3.82. The number of urea groups is 1. The van der Waals surface area contributed by atoms with E-state index < -0.39 is 6.03 Å². The number of rotatable bonds is 6. The van der Waals surface area contributed by atoms with Gasteiger partial charge in [-0.3, -0.25) is 15.0 Å². The molecule has 0 saturated heterocycles. The highest BCUT2D eigenvalue weighted by Crippen LogP contribution is 2.30. The van der Waals surface area contributed by atoms with Crippen LogP contribution in [-0.4, -0.2) is 20.8 Å². The van der Waals surface area contributed by atoms with Gasteiger partial charge < -0.3 is 10.6 Å². The predicted octanol–water partition coefficient (Wildman–Crippen LogP) is 6.76. The molecular weight excluding hydrogens is 467 g/mol. The Balaban J connectivity index is 1.51. The maximum atomic E-state index is 13.3. The number of hydrogen-bond donors (Lipinski definition) is 3. The lowest BCUT2D eigenvalue weighted by atomic mass is 9.87. The van der Waals surface area contributed by atoms with E-state index in [1.807, 2.05) is 69.9 Å². The van der Waals surface area contributed by atoms with Crippen LogP contribution in [0.2, 0.25) is 0 Å². The molecule has 0 aliphatic heterocycles. The Bertz CT molecular complexity index is 1480. The molecule has 37 heavy (non-hydrogen) atoms. The molecule has 0 aliphatic rings. The zero-order valence-corrected chi connectivity index (χ0v) is 21.7. The number of carbonyl (C=O) groups is 1. The van der Waals surface area contributed by atoms with E-state index in [1.165, 1.54) is 12.1 Å². The van der Waals surface area contributed by atoms with Crippen molar-refractivity contribution in [3.8, 4) is 11.1 Å². The van der Waals surface area contributed by atoms with E-state index >= 15 is 0 Å². The zero-order valence-electron chi connectivity index (χ0n) is 21.7. The molecule has 8 heteroatoms. The number of carbonyl (C=O) groups excluding carboxylic acids is 1. The van der Waals surface area contributed by atoms with E-state index in [4.69, 9.17) is 0 Å². The predicted molar refractivity (Wildman–Crippen MR) is 148 cm³/mol. The number of pyridine rings is 1. The maximum Gasteiger partial charge on any atom is 0.324 e. The molecule has 2 aromatic heterocycles. The summed E-state index contributed by atoms with van der Waals surface area (Å²) in [7, 11) is 1.90. The number of allylic oxidation sites excluding steroid dienone is 2. The van der Waals surface area contributed by atoms with Crippen molar-refractivity contribution < 1.29 is 9.18 Å². The number of aromatic nitrogens is 3. The first-order valence-corrected chi connectivity index (χ1v) is 11.9. The van der Waals surface area contributed by atoms with Gasteiger partial charge in [-0.1, -0.05) is 39.5 Å². The molecule has 3 N–H and O–H groups in total. The van der Waals surface area contributed by atoms with Crippen LogP contribution < -0.4 is 16.0 Å². The quantitative estimate of drug-likeness (QED) is 0.257. The van der Waals surface area contributed by atoms with E-state index in [0.717, 1.165) is 33.3 Å². The molecule has 190 valence electrons. The van der Waals surface area contributed by atoms with Gasteiger partial charge in [0.05, 0.1) is 17.4 Å². The Morgan fingerprint density at radius 2 is 1.62 bits per heavy atom. The number of anilines is 2. The number of nitrogens with zero attached hydrogens (tertiary/aromatic N) is 3. The Morgan fingerprint density at radius 1 is 1.00 bits per heavy atom. The fraction of sp³-hybridized carbons (Fsp3) is 0.207. The molecular formula is C29H31FN6O. The third-order valence-electron chi connectivity index (χ3n) is 6.04. The lowest BCUT2D eigenvalue weighted by Crippen LogP contribution is -2.31. The minimum absolute atomic E-state index is 0.200. The third-order valence-corrected chi connectivity index (χ3v) is 6.04. The van der Waals surface area contributed by atoms with Crippen LogP contribution in [-0.2, 0) is 7.05 Å². The van der Waals surface area contributed by atoms with E-state index in [2.05, 4.69) is 32.6 Å². The molecule has 0 aliphatic carbocycles. The molecule has 2 aromatic carbocycles. The van der Waals surface area contributed by atoms with Crippen LogP contribution in [0, 0.1) is 18.2 Å². The van der Waals surface area contributed by atoms with Crippen molar-refractivity contribution in [2.75, 3.05) is 10.6 Å². The molecule has 0 spiro atoms. The van der Waals surface area contributed by atoms with Crippen molar-refractivity contribution in [3.63, 3.8) is 0 Å². The number of nitrogens with one attached hydrogen (secondary N) is 3. The van der Waals surface area contributed by atoms with E-state index in [-0.39, 0.29) is 11.2 Å². The van der Waals surface area contributed by atoms with Crippen LogP contribution in [0.3, 0.4) is 0 Å². The SMILES string of the molecule is C=C(/C=C(/NC(=O)Nc1ccc(-c2cncc3c2c(C)nn3C)cc1)Nc1ccc(F)cc1)C(C)(C)C. The van der Waals surface area contributed by atoms with Crippen molar-refractivity contribution in [3.05, 3.63) is 96.5 Å². The van der Waals surface area contributed by atoms with Gasteiger partial charge >= 0.3 is 6.03 Å². The number of amides is 2.